The van der Waals surface area contributed by atoms with Gasteiger partial charge < -0.3 is 9.80 Å². The van der Waals surface area contributed by atoms with Gasteiger partial charge in [0.1, 0.15) is 6.54 Å². The minimum absolute atomic E-state index is 0.0157. The van der Waals surface area contributed by atoms with E-state index in [1.54, 1.807) is 0 Å². The summed E-state index contributed by atoms with van der Waals surface area (Å²) in [6.07, 6.45) is 1.03. The molecule has 2 heterocycles. The molecule has 0 unspecified atom stereocenters. The first-order valence-electron chi connectivity index (χ1n) is 9.02. The Morgan fingerprint density at radius 2 is 1.76 bits per heavy atom. The first-order valence-corrected chi connectivity index (χ1v) is 9.02. The molecule has 1 aromatic rings. The van der Waals surface area contributed by atoms with E-state index >= 15 is 0 Å². The second-order valence-corrected chi connectivity index (χ2v) is 6.68. The summed E-state index contributed by atoms with van der Waals surface area (Å²) in [5.74, 6) is -0.0885. The standard InChI is InChI=1S/C19H26N4O2/c1-3-21-10-12-22(13-11-21)19(25)14-23-18(24)9-8-17(20-23)16-6-4-15(2)5-7-16/h4-7H,3,8-14H2,1-2H3. The van der Waals surface area contributed by atoms with Crippen LogP contribution >= 0.6 is 0 Å². The smallest absolute Gasteiger partial charge is 0.244 e. The summed E-state index contributed by atoms with van der Waals surface area (Å²) in [4.78, 5) is 28.9. The Kier molecular flexibility index (Phi) is 5.48. The van der Waals surface area contributed by atoms with Gasteiger partial charge in [-0.3, -0.25) is 9.59 Å². The number of rotatable bonds is 4. The lowest BCUT2D eigenvalue weighted by Gasteiger charge is -2.35. The quantitative estimate of drug-likeness (QED) is 0.833. The van der Waals surface area contributed by atoms with E-state index in [-0.39, 0.29) is 18.4 Å². The molecule has 0 aliphatic carbocycles. The number of hydrazone groups is 1. The number of carbonyl (C=O) groups is 2. The number of likely N-dealkylation sites (N-methyl/N-ethyl adjacent to an activating group) is 1. The van der Waals surface area contributed by atoms with Crippen molar-refractivity contribution >= 4 is 17.5 Å². The Bertz CT molecular complexity index is 661. The van der Waals surface area contributed by atoms with Crippen molar-refractivity contribution in [2.45, 2.75) is 26.7 Å². The molecule has 134 valence electrons. The van der Waals surface area contributed by atoms with Crippen molar-refractivity contribution in [3.8, 4) is 0 Å². The van der Waals surface area contributed by atoms with Crippen molar-refractivity contribution in [2.24, 2.45) is 5.10 Å². The molecule has 2 aliphatic rings. The summed E-state index contributed by atoms with van der Waals surface area (Å²) in [5, 5.41) is 5.83. The van der Waals surface area contributed by atoms with E-state index in [0.29, 0.717) is 12.8 Å². The van der Waals surface area contributed by atoms with Crippen LogP contribution in [-0.2, 0) is 9.59 Å². The van der Waals surface area contributed by atoms with Crippen molar-refractivity contribution < 1.29 is 9.59 Å². The number of aryl methyl sites for hydroxylation is 1. The summed E-state index contributed by atoms with van der Waals surface area (Å²) < 4.78 is 0. The maximum absolute atomic E-state index is 12.5. The predicted molar refractivity (Wildman–Crippen MR) is 97.4 cm³/mol. The average Bonchev–Trinajstić information content (AvgIpc) is 2.64. The van der Waals surface area contributed by atoms with Crippen molar-refractivity contribution in [3.63, 3.8) is 0 Å². The minimum atomic E-state index is -0.0728. The van der Waals surface area contributed by atoms with Crippen LogP contribution in [0.25, 0.3) is 0 Å². The fraction of sp³-hybridized carbons (Fsp3) is 0.526. The number of amides is 2. The number of nitrogens with zero attached hydrogens (tertiary/aromatic N) is 4. The second kappa shape index (κ2) is 7.78. The second-order valence-electron chi connectivity index (χ2n) is 6.68. The van der Waals surface area contributed by atoms with Gasteiger partial charge in [0.05, 0.1) is 5.71 Å². The third-order valence-corrected chi connectivity index (χ3v) is 4.95. The van der Waals surface area contributed by atoms with Crippen LogP contribution in [0.15, 0.2) is 29.4 Å². The molecule has 0 bridgehead atoms. The average molecular weight is 342 g/mol. The third kappa shape index (κ3) is 4.25. The Hall–Kier alpha value is -2.21. The number of hydrogen-bond donors (Lipinski definition) is 0. The molecule has 6 nitrogen and oxygen atoms in total. The molecular formula is C19H26N4O2. The van der Waals surface area contributed by atoms with Crippen molar-refractivity contribution in [2.75, 3.05) is 39.3 Å². The highest BCUT2D eigenvalue weighted by Crippen LogP contribution is 2.16. The minimum Gasteiger partial charge on any atom is -0.339 e. The van der Waals surface area contributed by atoms with Crippen LogP contribution in [0.4, 0.5) is 0 Å². The number of carbonyl (C=O) groups excluding carboxylic acids is 2. The molecule has 0 saturated carbocycles. The number of benzene rings is 1. The lowest BCUT2D eigenvalue weighted by atomic mass is 10.0. The summed E-state index contributed by atoms with van der Waals surface area (Å²) in [5.41, 5.74) is 3.09. The van der Waals surface area contributed by atoms with Gasteiger partial charge in [0.25, 0.3) is 0 Å². The van der Waals surface area contributed by atoms with Crippen LogP contribution in [0.5, 0.6) is 0 Å². The molecule has 2 aliphatic heterocycles. The highest BCUT2D eigenvalue weighted by atomic mass is 16.2. The van der Waals surface area contributed by atoms with Crippen LogP contribution in [-0.4, -0.2) is 71.6 Å². The highest BCUT2D eigenvalue weighted by Gasteiger charge is 2.27. The van der Waals surface area contributed by atoms with Crippen LogP contribution in [0.2, 0.25) is 0 Å². The molecular weight excluding hydrogens is 316 g/mol. The van der Waals surface area contributed by atoms with E-state index in [4.69, 9.17) is 0 Å². The highest BCUT2D eigenvalue weighted by molar-refractivity contribution is 6.04. The van der Waals surface area contributed by atoms with Crippen LogP contribution < -0.4 is 0 Å². The third-order valence-electron chi connectivity index (χ3n) is 4.95. The molecule has 0 atom stereocenters. The molecule has 3 rings (SSSR count). The molecule has 6 heteroatoms. The van der Waals surface area contributed by atoms with E-state index in [2.05, 4.69) is 16.9 Å². The monoisotopic (exact) mass is 342 g/mol. The maximum atomic E-state index is 12.5. The summed E-state index contributed by atoms with van der Waals surface area (Å²) in [6.45, 7) is 8.47. The Morgan fingerprint density at radius 1 is 1.08 bits per heavy atom. The van der Waals surface area contributed by atoms with E-state index in [0.717, 1.165) is 44.0 Å². The first kappa shape index (κ1) is 17.6. The molecule has 25 heavy (non-hydrogen) atoms. The summed E-state index contributed by atoms with van der Waals surface area (Å²) in [7, 11) is 0. The lowest BCUT2D eigenvalue weighted by Crippen LogP contribution is -2.51. The van der Waals surface area contributed by atoms with Crippen molar-refractivity contribution in [1.29, 1.82) is 0 Å². The Labute approximate surface area is 149 Å². The van der Waals surface area contributed by atoms with Gasteiger partial charge in [0, 0.05) is 39.0 Å². The fourth-order valence-electron chi connectivity index (χ4n) is 3.22. The van der Waals surface area contributed by atoms with E-state index in [1.807, 2.05) is 36.1 Å². The fourth-order valence-corrected chi connectivity index (χ4v) is 3.22. The first-order chi connectivity index (χ1) is 12.1. The van der Waals surface area contributed by atoms with E-state index < -0.39 is 0 Å². The van der Waals surface area contributed by atoms with Gasteiger partial charge in [-0.15, -0.1) is 0 Å². The van der Waals surface area contributed by atoms with Crippen LogP contribution in [0.1, 0.15) is 30.9 Å². The van der Waals surface area contributed by atoms with Gasteiger partial charge in [-0.05, 0) is 19.0 Å². The molecule has 0 radical (unpaired) electrons. The molecule has 1 saturated heterocycles. The molecule has 0 aromatic heterocycles. The lowest BCUT2D eigenvalue weighted by molar-refractivity contribution is -0.141. The van der Waals surface area contributed by atoms with Gasteiger partial charge in [-0.1, -0.05) is 36.8 Å². The molecule has 2 amide bonds. The topological polar surface area (TPSA) is 56.2 Å². The molecule has 1 aromatic carbocycles. The zero-order valence-electron chi connectivity index (χ0n) is 15.1. The van der Waals surface area contributed by atoms with Crippen LogP contribution in [0, 0.1) is 6.92 Å². The van der Waals surface area contributed by atoms with E-state index in [1.165, 1.54) is 10.6 Å². The summed E-state index contributed by atoms with van der Waals surface area (Å²) in [6, 6.07) is 8.12. The number of hydrogen-bond acceptors (Lipinski definition) is 4. The predicted octanol–water partition coefficient (Wildman–Crippen LogP) is 1.49. The Balaban J connectivity index is 1.66. The maximum Gasteiger partial charge on any atom is 0.244 e. The largest absolute Gasteiger partial charge is 0.339 e. The normalized spacial score (nSPS) is 19.1. The van der Waals surface area contributed by atoms with Crippen molar-refractivity contribution in [1.82, 2.24) is 14.8 Å². The van der Waals surface area contributed by atoms with Crippen molar-refractivity contribution in [3.05, 3.63) is 35.4 Å². The van der Waals surface area contributed by atoms with Gasteiger partial charge in [0.2, 0.25) is 11.8 Å². The Morgan fingerprint density at radius 3 is 2.40 bits per heavy atom. The van der Waals surface area contributed by atoms with Gasteiger partial charge in [-0.2, -0.15) is 5.10 Å². The molecule has 0 N–H and O–H groups in total. The SMILES string of the molecule is CCN1CCN(C(=O)CN2N=C(c3ccc(C)cc3)CCC2=O)CC1. The van der Waals surface area contributed by atoms with Gasteiger partial charge in [0.15, 0.2) is 0 Å². The zero-order valence-corrected chi connectivity index (χ0v) is 15.1. The number of piperazine rings is 1. The van der Waals surface area contributed by atoms with Gasteiger partial charge >= 0.3 is 0 Å². The van der Waals surface area contributed by atoms with Gasteiger partial charge in [-0.25, -0.2) is 5.01 Å². The van der Waals surface area contributed by atoms with E-state index in [9.17, 15) is 9.59 Å². The van der Waals surface area contributed by atoms with Crippen LogP contribution in [0.3, 0.4) is 0 Å². The molecule has 1 fully saturated rings. The zero-order chi connectivity index (χ0) is 17.8. The molecule has 0 spiro atoms. The summed E-state index contributed by atoms with van der Waals surface area (Å²) >= 11 is 0.